The first-order valence-electron chi connectivity index (χ1n) is 9.86. The van der Waals surface area contributed by atoms with E-state index in [9.17, 15) is 4.79 Å². The van der Waals surface area contributed by atoms with Crippen LogP contribution < -0.4 is 5.32 Å². The number of aryl methyl sites for hydroxylation is 1. The molecule has 0 saturated heterocycles. The smallest absolute Gasteiger partial charge is 0.224 e. The van der Waals surface area contributed by atoms with Crippen molar-refractivity contribution >= 4 is 27.5 Å². The number of halogens is 1. The van der Waals surface area contributed by atoms with E-state index in [-0.39, 0.29) is 11.3 Å². The van der Waals surface area contributed by atoms with Gasteiger partial charge < -0.3 is 5.32 Å². The van der Waals surface area contributed by atoms with Crippen LogP contribution in [0.2, 0.25) is 0 Å². The monoisotopic (exact) mass is 403 g/mol. The van der Waals surface area contributed by atoms with E-state index in [2.05, 4.69) is 60.2 Å². The van der Waals surface area contributed by atoms with Crippen molar-refractivity contribution in [2.45, 2.75) is 76.0 Å². The van der Waals surface area contributed by atoms with Crippen LogP contribution in [0, 0.1) is 24.2 Å². The van der Waals surface area contributed by atoms with Crippen LogP contribution >= 0.6 is 15.9 Å². The number of hydrogen-bond donors (Lipinski definition) is 1. The number of rotatable bonds is 4. The minimum absolute atomic E-state index is 0.217. The van der Waals surface area contributed by atoms with E-state index < -0.39 is 0 Å². The van der Waals surface area contributed by atoms with Crippen molar-refractivity contribution in [3.63, 3.8) is 0 Å². The average molecular weight is 404 g/mol. The molecule has 4 saturated carbocycles. The molecule has 25 heavy (non-hydrogen) atoms. The number of alkyl halides is 1. The third-order valence-corrected chi connectivity index (χ3v) is 7.77. The minimum Gasteiger partial charge on any atom is -0.326 e. The second kappa shape index (κ2) is 6.11. The lowest BCUT2D eigenvalue weighted by atomic mass is 9.48. The van der Waals surface area contributed by atoms with Crippen LogP contribution in [0.5, 0.6) is 0 Å². The Morgan fingerprint density at radius 2 is 1.92 bits per heavy atom. The lowest BCUT2D eigenvalue weighted by molar-refractivity contribution is -0.123. The first-order valence-corrected chi connectivity index (χ1v) is 10.7. The van der Waals surface area contributed by atoms with Crippen molar-refractivity contribution in [3.05, 3.63) is 29.3 Å². The summed E-state index contributed by atoms with van der Waals surface area (Å²) in [5.41, 5.74) is 3.69. The van der Waals surface area contributed by atoms with Crippen molar-refractivity contribution in [3.8, 4) is 0 Å². The van der Waals surface area contributed by atoms with Gasteiger partial charge in [-0.25, -0.2) is 0 Å². The summed E-state index contributed by atoms with van der Waals surface area (Å²) in [6.07, 6.45) is 8.44. The van der Waals surface area contributed by atoms with Crippen LogP contribution in [-0.2, 0) is 4.79 Å². The van der Waals surface area contributed by atoms with Gasteiger partial charge in [0, 0.05) is 16.4 Å². The van der Waals surface area contributed by atoms with E-state index in [0.29, 0.717) is 16.7 Å². The molecule has 4 fully saturated rings. The van der Waals surface area contributed by atoms with E-state index >= 15 is 0 Å². The van der Waals surface area contributed by atoms with E-state index in [0.717, 1.165) is 17.5 Å². The number of carbonyl (C=O) groups is 1. The first kappa shape index (κ1) is 17.6. The van der Waals surface area contributed by atoms with E-state index in [1.807, 2.05) is 0 Å². The Kier molecular flexibility index (Phi) is 4.30. The van der Waals surface area contributed by atoms with Crippen molar-refractivity contribution in [1.82, 2.24) is 0 Å². The molecule has 1 aromatic rings. The molecular formula is C22H30BrNO. The van der Waals surface area contributed by atoms with Gasteiger partial charge in [0.25, 0.3) is 0 Å². The van der Waals surface area contributed by atoms with Gasteiger partial charge in [-0.05, 0) is 79.7 Å². The summed E-state index contributed by atoms with van der Waals surface area (Å²) in [7, 11) is 0. The molecule has 0 spiro atoms. The summed E-state index contributed by atoms with van der Waals surface area (Å²) in [5, 5.41) is 3.29. The second-order valence-corrected chi connectivity index (χ2v) is 11.2. The zero-order valence-corrected chi connectivity index (χ0v) is 17.3. The molecule has 4 aliphatic carbocycles. The Morgan fingerprint density at radius 1 is 1.24 bits per heavy atom. The highest BCUT2D eigenvalue weighted by molar-refractivity contribution is 9.10. The van der Waals surface area contributed by atoms with Gasteiger partial charge in [-0.15, -0.1) is 0 Å². The molecule has 3 heteroatoms. The maximum atomic E-state index is 13.0. The molecule has 4 bridgehead atoms. The number of amides is 1. The highest BCUT2D eigenvalue weighted by Gasteiger charge is 2.57. The Morgan fingerprint density at radius 3 is 2.52 bits per heavy atom. The lowest BCUT2D eigenvalue weighted by Gasteiger charge is -2.60. The molecule has 0 aliphatic heterocycles. The Hall–Kier alpha value is -0.830. The van der Waals surface area contributed by atoms with Crippen LogP contribution in [0.15, 0.2) is 18.2 Å². The Balaban J connectivity index is 1.52. The fourth-order valence-electron chi connectivity index (χ4n) is 6.41. The van der Waals surface area contributed by atoms with Gasteiger partial charge >= 0.3 is 0 Å². The molecule has 5 rings (SSSR count). The number of hydrogen-bond acceptors (Lipinski definition) is 1. The van der Waals surface area contributed by atoms with Crippen LogP contribution in [-0.4, -0.2) is 10.2 Å². The molecule has 0 heterocycles. The maximum Gasteiger partial charge on any atom is 0.224 e. The molecule has 2 unspecified atom stereocenters. The van der Waals surface area contributed by atoms with Crippen molar-refractivity contribution in [2.24, 2.45) is 17.3 Å². The topological polar surface area (TPSA) is 29.1 Å². The van der Waals surface area contributed by atoms with Crippen molar-refractivity contribution < 1.29 is 4.79 Å². The predicted molar refractivity (Wildman–Crippen MR) is 107 cm³/mol. The van der Waals surface area contributed by atoms with Crippen molar-refractivity contribution in [1.29, 1.82) is 0 Å². The molecule has 1 N–H and O–H groups in total. The molecule has 0 aromatic heterocycles. The Labute approximate surface area is 160 Å². The standard InChI is InChI=1S/C22H30BrNO/c1-14(2)18-6-4-5-15(3)20(18)24-19(25)12-21-8-16-7-17(9-21)11-22(23,10-16)13-21/h4-6,14,16-17H,7-13H2,1-3H3,(H,24,25). The lowest BCUT2D eigenvalue weighted by Crippen LogP contribution is -2.53. The summed E-state index contributed by atoms with van der Waals surface area (Å²) in [6.45, 7) is 6.48. The second-order valence-electron chi connectivity index (χ2n) is 9.53. The highest BCUT2D eigenvalue weighted by atomic mass is 79.9. The van der Waals surface area contributed by atoms with Gasteiger partial charge in [0.05, 0.1) is 0 Å². The number of carbonyl (C=O) groups excluding carboxylic acids is 1. The van der Waals surface area contributed by atoms with E-state index in [1.54, 1.807) is 0 Å². The molecule has 2 atom stereocenters. The predicted octanol–water partition coefficient (Wildman–Crippen LogP) is 6.18. The van der Waals surface area contributed by atoms with Crippen molar-refractivity contribution in [2.75, 3.05) is 5.32 Å². The van der Waals surface area contributed by atoms with Gasteiger partial charge in [-0.3, -0.25) is 4.79 Å². The molecule has 2 nitrogen and oxygen atoms in total. The third-order valence-electron chi connectivity index (χ3n) is 6.84. The number of para-hydroxylation sites is 1. The molecular weight excluding hydrogens is 374 g/mol. The third kappa shape index (κ3) is 3.29. The zero-order valence-electron chi connectivity index (χ0n) is 15.7. The maximum absolute atomic E-state index is 13.0. The summed E-state index contributed by atoms with van der Waals surface area (Å²) >= 11 is 4.06. The molecule has 1 amide bonds. The van der Waals surface area contributed by atoms with Gasteiger partial charge in [-0.1, -0.05) is 48.0 Å². The molecule has 1 aromatic carbocycles. The highest BCUT2D eigenvalue weighted by Crippen LogP contribution is 2.65. The summed E-state index contributed by atoms with van der Waals surface area (Å²) < 4.78 is 0.323. The molecule has 0 radical (unpaired) electrons. The largest absolute Gasteiger partial charge is 0.326 e. The molecule has 4 aliphatic rings. The minimum atomic E-state index is 0.217. The summed E-state index contributed by atoms with van der Waals surface area (Å²) in [6, 6.07) is 6.33. The van der Waals surface area contributed by atoms with E-state index in [1.165, 1.54) is 49.7 Å². The molecule has 136 valence electrons. The van der Waals surface area contributed by atoms with Gasteiger partial charge in [0.2, 0.25) is 5.91 Å². The number of nitrogens with one attached hydrogen (secondary N) is 1. The fraction of sp³-hybridized carbons (Fsp3) is 0.682. The van der Waals surface area contributed by atoms with Gasteiger partial charge in [0.15, 0.2) is 0 Å². The normalized spacial score (nSPS) is 36.0. The average Bonchev–Trinajstić information content (AvgIpc) is 2.45. The van der Waals surface area contributed by atoms with Gasteiger partial charge in [0.1, 0.15) is 0 Å². The quantitative estimate of drug-likeness (QED) is 0.597. The number of anilines is 1. The Bertz CT molecular complexity index is 681. The fourth-order valence-corrected chi connectivity index (χ4v) is 7.92. The van der Waals surface area contributed by atoms with E-state index in [4.69, 9.17) is 0 Å². The van der Waals surface area contributed by atoms with Gasteiger partial charge in [-0.2, -0.15) is 0 Å². The number of benzene rings is 1. The van der Waals surface area contributed by atoms with Crippen LogP contribution in [0.1, 0.15) is 75.8 Å². The zero-order chi connectivity index (χ0) is 17.8. The van der Waals surface area contributed by atoms with Crippen LogP contribution in [0.25, 0.3) is 0 Å². The summed E-state index contributed by atoms with van der Waals surface area (Å²) in [4.78, 5) is 13.0. The SMILES string of the molecule is Cc1cccc(C(C)C)c1NC(=O)CC12CC3CC(CC(Br)(C3)C1)C2. The van der Waals surface area contributed by atoms with Crippen LogP contribution in [0.4, 0.5) is 5.69 Å². The van der Waals surface area contributed by atoms with Crippen LogP contribution in [0.3, 0.4) is 0 Å². The first-order chi connectivity index (χ1) is 11.8. The summed E-state index contributed by atoms with van der Waals surface area (Å²) in [5.74, 6) is 2.30.